The van der Waals surface area contributed by atoms with Crippen LogP contribution in [0.4, 0.5) is 0 Å². The fraction of sp³-hybridized carbons (Fsp3) is 0.562. The molecule has 1 aliphatic heterocycles. The minimum atomic E-state index is 0.0384. The number of carbonyl (C=O) groups is 1. The molecule has 3 nitrogen and oxygen atoms in total. The molecule has 0 fully saturated rings. The van der Waals surface area contributed by atoms with Gasteiger partial charge in [-0.15, -0.1) is 0 Å². The van der Waals surface area contributed by atoms with Crippen LogP contribution in [0, 0.1) is 0 Å². The maximum atomic E-state index is 12.0. The Morgan fingerprint density at radius 1 is 1.37 bits per heavy atom. The van der Waals surface area contributed by atoms with E-state index in [1.807, 2.05) is 12.1 Å². The van der Waals surface area contributed by atoms with Crippen LogP contribution in [0.3, 0.4) is 0 Å². The fourth-order valence-electron chi connectivity index (χ4n) is 2.47. The third kappa shape index (κ3) is 3.16. The monoisotopic (exact) mass is 262 g/mol. The van der Waals surface area contributed by atoms with E-state index in [0.29, 0.717) is 5.92 Å². The maximum Gasteiger partial charge on any atom is 0.188 e. The molecule has 2 rings (SSSR count). The van der Waals surface area contributed by atoms with Gasteiger partial charge in [-0.05, 0) is 48.4 Å². The van der Waals surface area contributed by atoms with Crippen molar-refractivity contribution in [2.75, 3.05) is 20.3 Å². The summed E-state index contributed by atoms with van der Waals surface area (Å²) in [6.07, 6.45) is 3.18. The SMILES string of the molecule is COCC(=O)c1cc2c(c(C(C)C)c1)OCCCC2. The van der Waals surface area contributed by atoms with Crippen LogP contribution >= 0.6 is 0 Å². The van der Waals surface area contributed by atoms with E-state index in [-0.39, 0.29) is 12.4 Å². The number of fused-ring (bicyclic) bond motifs is 1. The average Bonchev–Trinajstić information content (AvgIpc) is 2.62. The first-order valence-corrected chi connectivity index (χ1v) is 6.95. The summed E-state index contributed by atoms with van der Waals surface area (Å²) in [6.45, 7) is 5.18. The lowest BCUT2D eigenvalue weighted by molar-refractivity contribution is 0.0848. The highest BCUT2D eigenvalue weighted by Gasteiger charge is 2.19. The van der Waals surface area contributed by atoms with Gasteiger partial charge in [-0.25, -0.2) is 0 Å². The van der Waals surface area contributed by atoms with Gasteiger partial charge in [0, 0.05) is 12.7 Å². The van der Waals surface area contributed by atoms with E-state index in [2.05, 4.69) is 13.8 Å². The molecule has 1 aromatic rings. The Kier molecular flexibility index (Phi) is 4.59. The number of carbonyl (C=O) groups excluding carboxylic acids is 1. The van der Waals surface area contributed by atoms with Gasteiger partial charge >= 0.3 is 0 Å². The summed E-state index contributed by atoms with van der Waals surface area (Å²) >= 11 is 0. The van der Waals surface area contributed by atoms with E-state index in [1.165, 1.54) is 5.56 Å². The Morgan fingerprint density at radius 3 is 2.84 bits per heavy atom. The summed E-state index contributed by atoms with van der Waals surface area (Å²) in [6, 6.07) is 3.95. The Labute approximate surface area is 114 Å². The van der Waals surface area contributed by atoms with E-state index in [9.17, 15) is 4.79 Å². The zero-order valence-electron chi connectivity index (χ0n) is 12.0. The van der Waals surface area contributed by atoms with Crippen molar-refractivity contribution < 1.29 is 14.3 Å². The minimum Gasteiger partial charge on any atom is -0.493 e. The second kappa shape index (κ2) is 6.20. The van der Waals surface area contributed by atoms with Gasteiger partial charge in [-0.2, -0.15) is 0 Å². The number of methoxy groups -OCH3 is 1. The van der Waals surface area contributed by atoms with Gasteiger partial charge in [0.2, 0.25) is 0 Å². The second-order valence-corrected chi connectivity index (χ2v) is 5.37. The van der Waals surface area contributed by atoms with Crippen LogP contribution in [-0.2, 0) is 11.2 Å². The first kappa shape index (κ1) is 14.1. The molecule has 0 amide bonds. The second-order valence-electron chi connectivity index (χ2n) is 5.37. The molecule has 1 heterocycles. The van der Waals surface area contributed by atoms with Crippen molar-refractivity contribution in [3.05, 3.63) is 28.8 Å². The molecular weight excluding hydrogens is 240 g/mol. The highest BCUT2D eigenvalue weighted by molar-refractivity contribution is 5.97. The number of Topliss-reactive ketones (excluding diaryl/α,β-unsaturated/α-hetero) is 1. The van der Waals surface area contributed by atoms with Gasteiger partial charge in [0.05, 0.1) is 6.61 Å². The molecule has 1 aliphatic rings. The Hall–Kier alpha value is -1.35. The standard InChI is InChI=1S/C16H22O3/c1-11(2)14-9-13(15(17)10-18-3)8-12-6-4-5-7-19-16(12)14/h8-9,11H,4-7,10H2,1-3H3. The van der Waals surface area contributed by atoms with Crippen molar-refractivity contribution in [1.82, 2.24) is 0 Å². The van der Waals surface area contributed by atoms with Crippen LogP contribution in [-0.4, -0.2) is 26.1 Å². The van der Waals surface area contributed by atoms with Crippen molar-refractivity contribution in [2.45, 2.75) is 39.0 Å². The van der Waals surface area contributed by atoms with E-state index in [4.69, 9.17) is 9.47 Å². The molecule has 0 aliphatic carbocycles. The summed E-state index contributed by atoms with van der Waals surface area (Å²) in [5.74, 6) is 1.39. The molecule has 0 atom stereocenters. The highest BCUT2D eigenvalue weighted by atomic mass is 16.5. The fourth-order valence-corrected chi connectivity index (χ4v) is 2.47. The number of aryl methyl sites for hydroxylation is 1. The normalized spacial score (nSPS) is 14.7. The number of hydrogen-bond donors (Lipinski definition) is 0. The van der Waals surface area contributed by atoms with E-state index in [1.54, 1.807) is 7.11 Å². The van der Waals surface area contributed by atoms with Gasteiger partial charge in [-0.3, -0.25) is 4.79 Å². The molecule has 104 valence electrons. The number of ether oxygens (including phenoxy) is 2. The van der Waals surface area contributed by atoms with Crippen molar-refractivity contribution in [1.29, 1.82) is 0 Å². The molecular formula is C16H22O3. The molecule has 0 unspecified atom stereocenters. The van der Waals surface area contributed by atoms with Crippen LogP contribution < -0.4 is 4.74 Å². The predicted molar refractivity (Wildman–Crippen MR) is 75.2 cm³/mol. The van der Waals surface area contributed by atoms with E-state index < -0.39 is 0 Å². The highest BCUT2D eigenvalue weighted by Crippen LogP contribution is 2.34. The van der Waals surface area contributed by atoms with Crippen molar-refractivity contribution in [3.8, 4) is 5.75 Å². The van der Waals surface area contributed by atoms with E-state index in [0.717, 1.165) is 42.7 Å². The molecule has 0 radical (unpaired) electrons. The summed E-state index contributed by atoms with van der Waals surface area (Å²) in [5, 5.41) is 0. The van der Waals surface area contributed by atoms with Crippen LogP contribution in [0.25, 0.3) is 0 Å². The van der Waals surface area contributed by atoms with Crippen molar-refractivity contribution >= 4 is 5.78 Å². The van der Waals surface area contributed by atoms with Gasteiger partial charge in [0.15, 0.2) is 5.78 Å². The smallest absolute Gasteiger partial charge is 0.188 e. The third-order valence-electron chi connectivity index (χ3n) is 3.50. The Morgan fingerprint density at radius 2 is 2.16 bits per heavy atom. The molecule has 0 saturated carbocycles. The number of rotatable bonds is 4. The number of benzene rings is 1. The van der Waals surface area contributed by atoms with Crippen LogP contribution in [0.15, 0.2) is 12.1 Å². The first-order valence-electron chi connectivity index (χ1n) is 6.95. The quantitative estimate of drug-likeness (QED) is 0.781. The molecule has 1 aromatic carbocycles. The average molecular weight is 262 g/mol. The third-order valence-corrected chi connectivity index (χ3v) is 3.50. The van der Waals surface area contributed by atoms with Crippen molar-refractivity contribution in [3.63, 3.8) is 0 Å². The van der Waals surface area contributed by atoms with Gasteiger partial charge in [-0.1, -0.05) is 13.8 Å². The summed E-state index contributed by atoms with van der Waals surface area (Å²) in [7, 11) is 1.55. The lowest BCUT2D eigenvalue weighted by Crippen LogP contribution is -2.10. The van der Waals surface area contributed by atoms with Crippen LogP contribution in [0.1, 0.15) is 54.1 Å². The molecule has 0 aromatic heterocycles. The molecule has 19 heavy (non-hydrogen) atoms. The lowest BCUT2D eigenvalue weighted by Gasteiger charge is -2.17. The predicted octanol–water partition coefficient (Wildman–Crippen LogP) is 3.35. The molecule has 0 saturated heterocycles. The van der Waals surface area contributed by atoms with E-state index >= 15 is 0 Å². The van der Waals surface area contributed by atoms with Gasteiger partial charge in [0.25, 0.3) is 0 Å². The molecule has 3 heteroatoms. The largest absolute Gasteiger partial charge is 0.493 e. The number of ketones is 1. The maximum absolute atomic E-state index is 12.0. The summed E-state index contributed by atoms with van der Waals surface area (Å²) in [5.41, 5.74) is 3.05. The first-order chi connectivity index (χ1) is 9.13. The topological polar surface area (TPSA) is 35.5 Å². The zero-order valence-corrected chi connectivity index (χ0v) is 12.0. The molecule has 0 N–H and O–H groups in total. The van der Waals surface area contributed by atoms with Crippen LogP contribution in [0.5, 0.6) is 5.75 Å². The molecule has 0 bridgehead atoms. The van der Waals surface area contributed by atoms with Crippen LogP contribution in [0.2, 0.25) is 0 Å². The van der Waals surface area contributed by atoms with Crippen molar-refractivity contribution in [2.24, 2.45) is 0 Å². The number of hydrogen-bond acceptors (Lipinski definition) is 3. The minimum absolute atomic E-state index is 0.0384. The van der Waals surface area contributed by atoms with Gasteiger partial charge < -0.3 is 9.47 Å². The Balaban J connectivity index is 2.45. The molecule has 0 spiro atoms. The van der Waals surface area contributed by atoms with Gasteiger partial charge in [0.1, 0.15) is 12.4 Å². The lowest BCUT2D eigenvalue weighted by atomic mass is 9.93. The Bertz CT molecular complexity index is 463. The summed E-state index contributed by atoms with van der Waals surface area (Å²) in [4.78, 5) is 12.0. The summed E-state index contributed by atoms with van der Waals surface area (Å²) < 4.78 is 10.8. The zero-order chi connectivity index (χ0) is 13.8.